The van der Waals surface area contributed by atoms with Crippen molar-refractivity contribution in [1.29, 1.82) is 0 Å². The van der Waals surface area contributed by atoms with E-state index in [1.807, 2.05) is 31.4 Å². The van der Waals surface area contributed by atoms with Gasteiger partial charge < -0.3 is 9.47 Å². The number of methoxy groups -OCH3 is 2. The third-order valence-electron chi connectivity index (χ3n) is 2.93. The van der Waals surface area contributed by atoms with Gasteiger partial charge >= 0.3 is 0 Å². The highest BCUT2D eigenvalue weighted by atomic mass is 16.5. The molecule has 0 amide bonds. The molecule has 2 rings (SSSR count). The van der Waals surface area contributed by atoms with Crippen LogP contribution in [0.4, 0.5) is 0 Å². The Morgan fingerprint density at radius 1 is 1.16 bits per heavy atom. The number of aromatic nitrogens is 2. The van der Waals surface area contributed by atoms with Gasteiger partial charge in [-0.1, -0.05) is 0 Å². The molecule has 1 heterocycles. The molecular formula is C13H18N4O2. The van der Waals surface area contributed by atoms with Crippen molar-refractivity contribution in [2.24, 2.45) is 12.9 Å². The summed E-state index contributed by atoms with van der Waals surface area (Å²) in [5.74, 6) is 7.10. The van der Waals surface area contributed by atoms with E-state index in [0.29, 0.717) is 0 Å². The number of hydrogen-bond donors (Lipinski definition) is 2. The summed E-state index contributed by atoms with van der Waals surface area (Å²) in [6.07, 6.45) is 3.69. The first-order chi connectivity index (χ1) is 9.17. The molecule has 6 heteroatoms. The van der Waals surface area contributed by atoms with E-state index in [-0.39, 0.29) is 6.04 Å². The largest absolute Gasteiger partial charge is 0.497 e. The fraction of sp³-hybridized carbons (Fsp3) is 0.308. The van der Waals surface area contributed by atoms with Gasteiger partial charge in [-0.15, -0.1) is 0 Å². The molecule has 102 valence electrons. The van der Waals surface area contributed by atoms with E-state index in [1.165, 1.54) is 0 Å². The van der Waals surface area contributed by atoms with Crippen molar-refractivity contribution in [3.8, 4) is 11.5 Å². The van der Waals surface area contributed by atoms with E-state index < -0.39 is 0 Å². The van der Waals surface area contributed by atoms with E-state index in [2.05, 4.69) is 10.5 Å². The van der Waals surface area contributed by atoms with Crippen LogP contribution in [0.2, 0.25) is 0 Å². The Bertz CT molecular complexity index is 531. The van der Waals surface area contributed by atoms with Gasteiger partial charge in [0.1, 0.15) is 11.5 Å². The Morgan fingerprint density at radius 3 is 2.21 bits per heavy atom. The molecule has 0 bridgehead atoms. The maximum absolute atomic E-state index is 5.66. The van der Waals surface area contributed by atoms with Gasteiger partial charge in [-0.3, -0.25) is 10.5 Å². The fourth-order valence-electron chi connectivity index (χ4n) is 1.97. The number of benzene rings is 1. The number of rotatable bonds is 5. The summed E-state index contributed by atoms with van der Waals surface area (Å²) in [6.45, 7) is 0. The lowest BCUT2D eigenvalue weighted by Gasteiger charge is -2.16. The van der Waals surface area contributed by atoms with Crippen LogP contribution in [0.1, 0.15) is 17.2 Å². The van der Waals surface area contributed by atoms with Crippen LogP contribution in [-0.4, -0.2) is 24.0 Å². The maximum Gasteiger partial charge on any atom is 0.122 e. The Kier molecular flexibility index (Phi) is 4.03. The van der Waals surface area contributed by atoms with Crippen LogP contribution in [-0.2, 0) is 7.05 Å². The van der Waals surface area contributed by atoms with E-state index >= 15 is 0 Å². The molecule has 1 atom stereocenters. The molecule has 0 radical (unpaired) electrons. The topological polar surface area (TPSA) is 74.3 Å². The van der Waals surface area contributed by atoms with Crippen molar-refractivity contribution in [3.05, 3.63) is 41.7 Å². The quantitative estimate of drug-likeness (QED) is 0.621. The molecule has 1 aromatic carbocycles. The van der Waals surface area contributed by atoms with Gasteiger partial charge in [0.2, 0.25) is 0 Å². The van der Waals surface area contributed by atoms with Gasteiger partial charge in [0, 0.05) is 24.9 Å². The van der Waals surface area contributed by atoms with Crippen molar-refractivity contribution < 1.29 is 9.47 Å². The Morgan fingerprint density at radius 2 is 1.79 bits per heavy atom. The molecule has 0 fully saturated rings. The highest BCUT2D eigenvalue weighted by Crippen LogP contribution is 2.29. The first-order valence-electron chi connectivity index (χ1n) is 5.85. The minimum atomic E-state index is -0.169. The van der Waals surface area contributed by atoms with Crippen molar-refractivity contribution >= 4 is 0 Å². The first kappa shape index (κ1) is 13.4. The van der Waals surface area contributed by atoms with E-state index in [0.717, 1.165) is 22.6 Å². The summed E-state index contributed by atoms with van der Waals surface area (Å²) in [7, 11) is 5.10. The Hall–Kier alpha value is -2.05. The predicted molar refractivity (Wildman–Crippen MR) is 71.9 cm³/mol. The molecule has 2 aromatic rings. The summed E-state index contributed by atoms with van der Waals surface area (Å²) in [6, 6.07) is 5.48. The van der Waals surface area contributed by atoms with Crippen molar-refractivity contribution in [3.63, 3.8) is 0 Å². The SMILES string of the molecule is COc1cc(OC)cc(C(NN)c2cnn(C)c2)c1. The average Bonchev–Trinajstić information content (AvgIpc) is 2.85. The summed E-state index contributed by atoms with van der Waals surface area (Å²) in [5.41, 5.74) is 4.71. The zero-order valence-corrected chi connectivity index (χ0v) is 11.3. The molecule has 1 aromatic heterocycles. The Labute approximate surface area is 112 Å². The second-order valence-electron chi connectivity index (χ2n) is 4.19. The van der Waals surface area contributed by atoms with Gasteiger partial charge in [-0.25, -0.2) is 5.43 Å². The number of nitrogens with one attached hydrogen (secondary N) is 1. The molecule has 19 heavy (non-hydrogen) atoms. The van der Waals surface area contributed by atoms with Crippen LogP contribution in [0.25, 0.3) is 0 Å². The summed E-state index contributed by atoms with van der Waals surface area (Å²) >= 11 is 0. The number of hydrazine groups is 1. The standard InChI is InChI=1S/C13H18N4O2/c1-17-8-10(7-15-17)13(16-14)9-4-11(18-2)6-12(5-9)19-3/h4-8,13,16H,14H2,1-3H3. The van der Waals surface area contributed by atoms with Crippen LogP contribution in [0, 0.1) is 0 Å². The second kappa shape index (κ2) is 5.73. The van der Waals surface area contributed by atoms with Crippen LogP contribution >= 0.6 is 0 Å². The fourth-order valence-corrected chi connectivity index (χ4v) is 1.97. The molecule has 0 spiro atoms. The van der Waals surface area contributed by atoms with Gasteiger partial charge in [0.15, 0.2) is 0 Å². The molecule has 0 saturated heterocycles. The number of nitrogens with two attached hydrogens (primary N) is 1. The molecule has 3 N–H and O–H groups in total. The molecular weight excluding hydrogens is 244 g/mol. The summed E-state index contributed by atoms with van der Waals surface area (Å²) < 4.78 is 12.3. The second-order valence-corrected chi connectivity index (χ2v) is 4.19. The highest BCUT2D eigenvalue weighted by molar-refractivity contribution is 5.42. The monoisotopic (exact) mass is 262 g/mol. The van der Waals surface area contributed by atoms with Gasteiger partial charge in [-0.2, -0.15) is 5.10 Å². The lowest BCUT2D eigenvalue weighted by atomic mass is 10.0. The lowest BCUT2D eigenvalue weighted by molar-refractivity contribution is 0.392. The average molecular weight is 262 g/mol. The number of aryl methyl sites for hydroxylation is 1. The van der Waals surface area contributed by atoms with Crippen LogP contribution < -0.4 is 20.7 Å². The minimum absolute atomic E-state index is 0.169. The van der Waals surface area contributed by atoms with Crippen molar-refractivity contribution in [2.75, 3.05) is 14.2 Å². The number of hydrogen-bond acceptors (Lipinski definition) is 5. The third kappa shape index (κ3) is 2.86. The minimum Gasteiger partial charge on any atom is -0.497 e. The van der Waals surface area contributed by atoms with Crippen molar-refractivity contribution in [2.45, 2.75) is 6.04 Å². The summed E-state index contributed by atoms with van der Waals surface area (Å²) in [5, 5.41) is 4.15. The van der Waals surface area contributed by atoms with E-state index in [4.69, 9.17) is 15.3 Å². The van der Waals surface area contributed by atoms with Crippen LogP contribution in [0.3, 0.4) is 0 Å². The molecule has 0 aliphatic carbocycles. The Balaban J connectivity index is 2.42. The number of nitrogens with zero attached hydrogens (tertiary/aromatic N) is 2. The zero-order chi connectivity index (χ0) is 13.8. The van der Waals surface area contributed by atoms with Crippen LogP contribution in [0.15, 0.2) is 30.6 Å². The predicted octanol–water partition coefficient (Wildman–Crippen LogP) is 0.990. The lowest BCUT2D eigenvalue weighted by Crippen LogP contribution is -2.28. The highest BCUT2D eigenvalue weighted by Gasteiger charge is 2.16. The third-order valence-corrected chi connectivity index (χ3v) is 2.93. The smallest absolute Gasteiger partial charge is 0.122 e. The first-order valence-corrected chi connectivity index (χ1v) is 5.85. The van der Waals surface area contributed by atoms with Gasteiger partial charge in [-0.05, 0) is 17.7 Å². The van der Waals surface area contributed by atoms with Crippen molar-refractivity contribution in [1.82, 2.24) is 15.2 Å². The van der Waals surface area contributed by atoms with E-state index in [9.17, 15) is 0 Å². The molecule has 0 saturated carbocycles. The van der Waals surface area contributed by atoms with Gasteiger partial charge in [0.05, 0.1) is 26.5 Å². The molecule has 0 aliphatic rings. The summed E-state index contributed by atoms with van der Waals surface area (Å²) in [4.78, 5) is 0. The molecule has 0 aliphatic heterocycles. The normalized spacial score (nSPS) is 12.2. The molecule has 1 unspecified atom stereocenters. The number of ether oxygens (including phenoxy) is 2. The maximum atomic E-state index is 5.66. The van der Waals surface area contributed by atoms with Gasteiger partial charge in [0.25, 0.3) is 0 Å². The van der Waals surface area contributed by atoms with Crippen LogP contribution in [0.5, 0.6) is 11.5 Å². The zero-order valence-electron chi connectivity index (χ0n) is 11.3. The van der Waals surface area contributed by atoms with E-state index in [1.54, 1.807) is 25.1 Å². The molecule has 6 nitrogen and oxygen atoms in total.